The van der Waals surface area contributed by atoms with E-state index in [0.29, 0.717) is 11.3 Å². The Morgan fingerprint density at radius 1 is 1.53 bits per heavy atom. The fourth-order valence-corrected chi connectivity index (χ4v) is 1.75. The highest BCUT2D eigenvalue weighted by Gasteiger charge is 2.20. The van der Waals surface area contributed by atoms with Crippen molar-refractivity contribution in [2.24, 2.45) is 0 Å². The molecule has 7 heteroatoms. The lowest BCUT2D eigenvalue weighted by Gasteiger charge is -2.11. The summed E-state index contributed by atoms with van der Waals surface area (Å²) in [5.74, 6) is -0.200. The number of benzene rings is 1. The Morgan fingerprint density at radius 2 is 2.21 bits per heavy atom. The second kappa shape index (κ2) is 6.94. The zero-order valence-electron chi connectivity index (χ0n) is 10.6. The van der Waals surface area contributed by atoms with Gasteiger partial charge in [0.15, 0.2) is 0 Å². The molecule has 0 fully saturated rings. The summed E-state index contributed by atoms with van der Waals surface area (Å²) in [4.78, 5) is 21.5. The van der Waals surface area contributed by atoms with Gasteiger partial charge in [0.25, 0.3) is 5.69 Å². The molecule has 0 radical (unpaired) electrons. The Bertz CT molecular complexity index is 477. The first-order chi connectivity index (χ1) is 8.99. The van der Waals surface area contributed by atoms with Crippen LogP contribution in [0.4, 0.5) is 5.69 Å². The first-order valence-corrected chi connectivity index (χ1v) is 6.05. The average Bonchev–Trinajstić information content (AvgIpc) is 2.39. The summed E-state index contributed by atoms with van der Waals surface area (Å²) in [6.45, 7) is 1.94. The molecule has 0 N–H and O–H groups in total. The molecule has 0 amide bonds. The molecule has 1 unspecified atom stereocenters. The molecule has 0 aliphatic heterocycles. The first-order valence-electron chi connectivity index (χ1n) is 5.61. The SMILES string of the molecule is CCOC(=O)C(Cl)Cc1ccc([N+](=O)[O-])cc1OC. The molecule has 19 heavy (non-hydrogen) atoms. The van der Waals surface area contributed by atoms with E-state index in [1.54, 1.807) is 6.92 Å². The van der Waals surface area contributed by atoms with Crippen LogP contribution in [-0.4, -0.2) is 30.0 Å². The molecule has 1 aromatic carbocycles. The summed E-state index contributed by atoms with van der Waals surface area (Å²) in [6.07, 6.45) is 0.182. The number of methoxy groups -OCH3 is 1. The van der Waals surface area contributed by atoms with Gasteiger partial charge >= 0.3 is 5.97 Å². The quantitative estimate of drug-likeness (QED) is 0.347. The van der Waals surface area contributed by atoms with E-state index in [9.17, 15) is 14.9 Å². The van der Waals surface area contributed by atoms with Crippen LogP contribution < -0.4 is 4.74 Å². The zero-order valence-corrected chi connectivity index (χ0v) is 11.3. The van der Waals surface area contributed by atoms with Crippen molar-refractivity contribution in [1.29, 1.82) is 0 Å². The molecule has 0 aliphatic rings. The maximum absolute atomic E-state index is 11.4. The van der Waals surface area contributed by atoms with Crippen LogP contribution in [0.25, 0.3) is 0 Å². The first kappa shape index (κ1) is 15.2. The topological polar surface area (TPSA) is 78.7 Å². The van der Waals surface area contributed by atoms with Crippen molar-refractivity contribution in [3.8, 4) is 5.75 Å². The lowest BCUT2D eigenvalue weighted by molar-refractivity contribution is -0.384. The van der Waals surface area contributed by atoms with Gasteiger partial charge in [0.2, 0.25) is 0 Å². The fraction of sp³-hybridized carbons (Fsp3) is 0.417. The van der Waals surface area contributed by atoms with Crippen molar-refractivity contribution < 1.29 is 19.2 Å². The van der Waals surface area contributed by atoms with Gasteiger partial charge in [-0.05, 0) is 18.6 Å². The van der Waals surface area contributed by atoms with E-state index in [2.05, 4.69) is 0 Å². The number of hydrogen-bond donors (Lipinski definition) is 0. The molecule has 0 saturated carbocycles. The van der Waals surface area contributed by atoms with Crippen molar-refractivity contribution in [3.63, 3.8) is 0 Å². The number of nitro groups is 1. The Labute approximate surface area is 115 Å². The van der Waals surface area contributed by atoms with Gasteiger partial charge in [0.05, 0.1) is 24.7 Å². The van der Waals surface area contributed by atoms with Gasteiger partial charge in [0, 0.05) is 12.5 Å². The number of nitrogens with zero attached hydrogens (tertiary/aromatic N) is 1. The van der Waals surface area contributed by atoms with Crippen molar-refractivity contribution in [2.75, 3.05) is 13.7 Å². The maximum Gasteiger partial charge on any atom is 0.324 e. The van der Waals surface area contributed by atoms with Gasteiger partial charge in [-0.15, -0.1) is 11.6 Å². The second-order valence-electron chi connectivity index (χ2n) is 3.68. The zero-order chi connectivity index (χ0) is 14.4. The van der Waals surface area contributed by atoms with Gasteiger partial charge in [0.1, 0.15) is 11.1 Å². The molecular weight excluding hydrogens is 274 g/mol. The molecule has 1 atom stereocenters. The summed E-state index contributed by atoms with van der Waals surface area (Å²) in [5, 5.41) is 9.79. The number of rotatable bonds is 6. The smallest absolute Gasteiger partial charge is 0.324 e. The van der Waals surface area contributed by atoms with Crippen LogP contribution in [0.5, 0.6) is 5.75 Å². The molecule has 0 heterocycles. The largest absolute Gasteiger partial charge is 0.496 e. The van der Waals surface area contributed by atoms with E-state index >= 15 is 0 Å². The Balaban J connectivity index is 2.89. The Hall–Kier alpha value is -1.82. The van der Waals surface area contributed by atoms with E-state index < -0.39 is 16.3 Å². The highest BCUT2D eigenvalue weighted by molar-refractivity contribution is 6.30. The minimum absolute atomic E-state index is 0.0807. The van der Waals surface area contributed by atoms with Gasteiger partial charge in [-0.25, -0.2) is 0 Å². The minimum Gasteiger partial charge on any atom is -0.496 e. The number of nitro benzene ring substituents is 1. The monoisotopic (exact) mass is 287 g/mol. The molecule has 0 aliphatic carbocycles. The van der Waals surface area contributed by atoms with E-state index in [4.69, 9.17) is 21.1 Å². The van der Waals surface area contributed by atoms with Gasteiger partial charge in [-0.3, -0.25) is 14.9 Å². The maximum atomic E-state index is 11.4. The molecule has 1 aromatic rings. The normalized spacial score (nSPS) is 11.7. The van der Waals surface area contributed by atoms with Crippen molar-refractivity contribution in [1.82, 2.24) is 0 Å². The number of alkyl halides is 1. The van der Waals surface area contributed by atoms with Crippen LogP contribution in [0.3, 0.4) is 0 Å². The van der Waals surface area contributed by atoms with Crippen LogP contribution in [-0.2, 0) is 16.0 Å². The highest BCUT2D eigenvalue weighted by Crippen LogP contribution is 2.26. The van der Waals surface area contributed by atoms with Gasteiger partial charge < -0.3 is 9.47 Å². The summed E-state index contributed by atoms with van der Waals surface area (Å²) < 4.78 is 9.85. The van der Waals surface area contributed by atoms with Crippen LogP contribution in [0.1, 0.15) is 12.5 Å². The lowest BCUT2D eigenvalue weighted by Crippen LogP contribution is -2.20. The molecule has 1 rings (SSSR count). The Morgan fingerprint density at radius 3 is 2.74 bits per heavy atom. The van der Waals surface area contributed by atoms with Gasteiger partial charge in [-0.2, -0.15) is 0 Å². The third-order valence-corrected chi connectivity index (χ3v) is 2.76. The summed E-state index contributed by atoms with van der Waals surface area (Å²) in [5.41, 5.74) is 0.531. The number of non-ortho nitro benzene ring substituents is 1. The number of carbonyl (C=O) groups is 1. The Kier molecular flexibility index (Phi) is 5.57. The number of carbonyl (C=O) groups excluding carboxylic acids is 1. The molecule has 0 spiro atoms. The van der Waals surface area contributed by atoms with Crippen molar-refractivity contribution in [2.45, 2.75) is 18.7 Å². The van der Waals surface area contributed by atoms with E-state index in [1.807, 2.05) is 0 Å². The van der Waals surface area contributed by atoms with E-state index in [0.717, 1.165) is 0 Å². The fourth-order valence-electron chi connectivity index (χ4n) is 1.52. The van der Waals surface area contributed by atoms with Gasteiger partial charge in [-0.1, -0.05) is 0 Å². The van der Waals surface area contributed by atoms with E-state index in [-0.39, 0.29) is 18.7 Å². The molecule has 6 nitrogen and oxygen atoms in total. The predicted molar refractivity (Wildman–Crippen MR) is 69.6 cm³/mol. The van der Waals surface area contributed by atoms with E-state index in [1.165, 1.54) is 25.3 Å². The highest BCUT2D eigenvalue weighted by atomic mass is 35.5. The molecule has 104 valence electrons. The van der Waals surface area contributed by atoms with Crippen LogP contribution in [0, 0.1) is 10.1 Å². The molecular formula is C12H14ClNO5. The molecule has 0 bridgehead atoms. The number of ether oxygens (including phenoxy) is 2. The van der Waals surface area contributed by atoms with Crippen LogP contribution in [0.2, 0.25) is 0 Å². The van der Waals surface area contributed by atoms with Crippen molar-refractivity contribution in [3.05, 3.63) is 33.9 Å². The lowest BCUT2D eigenvalue weighted by atomic mass is 10.1. The summed E-state index contributed by atoms with van der Waals surface area (Å²) in [7, 11) is 1.40. The minimum atomic E-state index is -0.852. The average molecular weight is 288 g/mol. The molecule has 0 aromatic heterocycles. The van der Waals surface area contributed by atoms with Crippen LogP contribution in [0.15, 0.2) is 18.2 Å². The number of esters is 1. The second-order valence-corrected chi connectivity index (χ2v) is 4.20. The third-order valence-electron chi connectivity index (χ3n) is 2.42. The predicted octanol–water partition coefficient (Wildman–Crippen LogP) is 2.32. The van der Waals surface area contributed by atoms with Crippen molar-refractivity contribution >= 4 is 23.3 Å². The van der Waals surface area contributed by atoms with Crippen LogP contribution >= 0.6 is 11.6 Å². The summed E-state index contributed by atoms with van der Waals surface area (Å²) in [6, 6.07) is 4.16. The molecule has 0 saturated heterocycles. The standard InChI is InChI=1S/C12H14ClNO5/c1-3-19-12(15)10(13)6-8-4-5-9(14(16)17)7-11(8)18-2/h4-5,7,10H,3,6H2,1-2H3. The number of halogens is 1. The number of hydrogen-bond acceptors (Lipinski definition) is 5. The summed E-state index contributed by atoms with van der Waals surface area (Å²) >= 11 is 5.91. The third kappa shape index (κ3) is 4.10.